The Balaban J connectivity index is 1.21. The average Bonchev–Trinajstić information content (AvgIpc) is 3.12. The fourth-order valence-corrected chi connectivity index (χ4v) is 3.77. The van der Waals surface area contributed by atoms with Crippen LogP contribution in [0.2, 0.25) is 0 Å². The van der Waals surface area contributed by atoms with Crippen LogP contribution in [0, 0.1) is 11.7 Å². The number of nitrogens with one attached hydrogen (secondary N) is 3. The fourth-order valence-electron chi connectivity index (χ4n) is 3.77. The summed E-state index contributed by atoms with van der Waals surface area (Å²) < 4.78 is 13.3. The molecule has 1 aliphatic carbocycles. The number of carbonyl (C=O) groups excluding carboxylic acids is 1. The summed E-state index contributed by atoms with van der Waals surface area (Å²) >= 11 is 0. The quantitative estimate of drug-likeness (QED) is 0.492. The molecule has 2 aromatic heterocycles. The zero-order chi connectivity index (χ0) is 19.3. The molecule has 1 aliphatic rings. The van der Waals surface area contributed by atoms with Crippen LogP contribution in [-0.4, -0.2) is 25.8 Å². The lowest BCUT2D eigenvalue weighted by molar-refractivity contribution is -0.122. The molecule has 142 valence electrons. The number of carbonyl (C=O) groups is 1. The van der Waals surface area contributed by atoms with Crippen molar-refractivity contribution >= 4 is 28.0 Å². The minimum absolute atomic E-state index is 0.0113. The average molecular weight is 377 g/mol. The maximum atomic E-state index is 13.3. The molecule has 5 rings (SSSR count). The summed E-state index contributed by atoms with van der Waals surface area (Å²) in [6.45, 7) is 1.87. The van der Waals surface area contributed by atoms with Gasteiger partial charge in [-0.3, -0.25) is 4.79 Å². The molecule has 3 N–H and O–H groups in total. The van der Waals surface area contributed by atoms with E-state index >= 15 is 0 Å². The van der Waals surface area contributed by atoms with Crippen molar-refractivity contribution in [1.82, 2.24) is 25.3 Å². The van der Waals surface area contributed by atoms with Gasteiger partial charge in [-0.15, -0.1) is 0 Å². The summed E-state index contributed by atoms with van der Waals surface area (Å²) in [5, 5.41) is 2.98. The van der Waals surface area contributed by atoms with Crippen molar-refractivity contribution in [3.05, 3.63) is 59.9 Å². The van der Waals surface area contributed by atoms with Crippen molar-refractivity contribution in [3.8, 4) is 0 Å². The smallest absolute Gasteiger partial charge is 0.220 e. The number of benzene rings is 2. The van der Waals surface area contributed by atoms with Gasteiger partial charge in [0.15, 0.2) is 0 Å². The van der Waals surface area contributed by atoms with E-state index in [1.165, 1.54) is 12.1 Å². The molecule has 1 fully saturated rings. The van der Waals surface area contributed by atoms with E-state index in [1.807, 2.05) is 31.2 Å². The zero-order valence-electron chi connectivity index (χ0n) is 15.4. The molecule has 1 amide bonds. The Bertz CT molecular complexity index is 1150. The summed E-state index contributed by atoms with van der Waals surface area (Å²) in [4.78, 5) is 28.0. The van der Waals surface area contributed by atoms with Gasteiger partial charge in [-0.25, -0.2) is 14.4 Å². The van der Waals surface area contributed by atoms with Gasteiger partial charge in [0.1, 0.15) is 17.5 Å². The summed E-state index contributed by atoms with van der Waals surface area (Å²) in [7, 11) is 0. The van der Waals surface area contributed by atoms with Crippen LogP contribution >= 0.6 is 0 Å². The van der Waals surface area contributed by atoms with E-state index < -0.39 is 0 Å². The van der Waals surface area contributed by atoms with Crippen LogP contribution in [-0.2, 0) is 4.79 Å². The number of hydrogen-bond acceptors (Lipinski definition) is 3. The van der Waals surface area contributed by atoms with Crippen LogP contribution in [0.25, 0.3) is 22.1 Å². The molecule has 0 unspecified atom stereocenters. The predicted molar refractivity (Wildman–Crippen MR) is 104 cm³/mol. The molecule has 3 atom stereocenters. The van der Waals surface area contributed by atoms with Gasteiger partial charge >= 0.3 is 0 Å². The number of aromatic nitrogens is 4. The van der Waals surface area contributed by atoms with E-state index in [9.17, 15) is 9.18 Å². The monoisotopic (exact) mass is 377 g/mol. The first-order valence-corrected chi connectivity index (χ1v) is 9.46. The van der Waals surface area contributed by atoms with Crippen LogP contribution in [0.5, 0.6) is 0 Å². The predicted octanol–water partition coefficient (Wildman–Crippen LogP) is 3.95. The normalized spacial score (nSPS) is 19.8. The standard InChI is InChI=1S/C21H20FN5O/c1-11(20-24-17-7-6-13(22)10-18(17)27-20)23-19(28)9-12-8-14(12)21-25-15-4-2-3-5-16(15)26-21/h2-7,10-12,14H,8-9H2,1H3,(H,23,28)(H,24,27)(H,25,26)/t11-,12-,14-/m0/s1. The lowest BCUT2D eigenvalue weighted by Crippen LogP contribution is -2.27. The minimum atomic E-state index is -0.315. The maximum Gasteiger partial charge on any atom is 0.220 e. The Kier molecular flexibility index (Phi) is 3.89. The van der Waals surface area contributed by atoms with Crippen molar-refractivity contribution < 1.29 is 9.18 Å². The second-order valence-corrected chi connectivity index (χ2v) is 7.52. The van der Waals surface area contributed by atoms with Gasteiger partial charge in [0.05, 0.1) is 28.1 Å². The molecule has 1 saturated carbocycles. The first-order valence-electron chi connectivity index (χ1n) is 9.46. The number of rotatable bonds is 5. The number of fused-ring (bicyclic) bond motifs is 2. The molecule has 0 saturated heterocycles. The van der Waals surface area contributed by atoms with Gasteiger partial charge in [0.25, 0.3) is 0 Å². The largest absolute Gasteiger partial charge is 0.346 e. The van der Waals surface area contributed by atoms with Crippen LogP contribution in [0.3, 0.4) is 0 Å². The molecule has 4 aromatic rings. The van der Waals surface area contributed by atoms with Crippen molar-refractivity contribution in [3.63, 3.8) is 0 Å². The Morgan fingerprint density at radius 1 is 1.18 bits per heavy atom. The van der Waals surface area contributed by atoms with E-state index in [0.717, 1.165) is 23.3 Å². The van der Waals surface area contributed by atoms with Gasteiger partial charge in [-0.2, -0.15) is 0 Å². The van der Waals surface area contributed by atoms with Crippen LogP contribution in [0.4, 0.5) is 4.39 Å². The molecular weight excluding hydrogens is 357 g/mol. The number of para-hydroxylation sites is 2. The van der Waals surface area contributed by atoms with E-state index in [-0.39, 0.29) is 17.8 Å². The first kappa shape index (κ1) is 16.9. The van der Waals surface area contributed by atoms with Gasteiger partial charge in [0.2, 0.25) is 5.91 Å². The van der Waals surface area contributed by atoms with Gasteiger partial charge in [0, 0.05) is 12.3 Å². The molecule has 0 bridgehead atoms. The second-order valence-electron chi connectivity index (χ2n) is 7.52. The number of nitrogens with zero attached hydrogens (tertiary/aromatic N) is 2. The molecule has 0 radical (unpaired) electrons. The number of aromatic amines is 2. The third kappa shape index (κ3) is 3.13. The van der Waals surface area contributed by atoms with Crippen molar-refractivity contribution in [2.24, 2.45) is 5.92 Å². The summed E-state index contributed by atoms with van der Waals surface area (Å²) in [6.07, 6.45) is 1.42. The minimum Gasteiger partial charge on any atom is -0.346 e. The Labute approximate surface area is 160 Å². The van der Waals surface area contributed by atoms with Crippen LogP contribution in [0.1, 0.15) is 43.4 Å². The Hall–Kier alpha value is -3.22. The van der Waals surface area contributed by atoms with Crippen molar-refractivity contribution in [1.29, 1.82) is 0 Å². The highest BCUT2D eigenvalue weighted by Crippen LogP contribution is 2.48. The van der Waals surface area contributed by atoms with Crippen LogP contribution in [0.15, 0.2) is 42.5 Å². The SMILES string of the molecule is C[C@H](NC(=O)C[C@@H]1C[C@@H]1c1nc2ccccc2[nH]1)c1nc2ccc(F)cc2[nH]1. The first-order chi connectivity index (χ1) is 13.6. The summed E-state index contributed by atoms with van der Waals surface area (Å²) in [5.74, 6) is 1.87. The van der Waals surface area contributed by atoms with E-state index in [1.54, 1.807) is 6.07 Å². The second kappa shape index (κ2) is 6.44. The molecule has 6 nitrogen and oxygen atoms in total. The lowest BCUT2D eigenvalue weighted by atomic mass is 10.2. The van der Waals surface area contributed by atoms with E-state index in [4.69, 9.17) is 0 Å². The lowest BCUT2D eigenvalue weighted by Gasteiger charge is -2.11. The zero-order valence-corrected chi connectivity index (χ0v) is 15.4. The Morgan fingerprint density at radius 2 is 2.00 bits per heavy atom. The third-order valence-electron chi connectivity index (χ3n) is 5.38. The topological polar surface area (TPSA) is 86.5 Å². The number of hydrogen-bond donors (Lipinski definition) is 3. The highest BCUT2D eigenvalue weighted by molar-refractivity contribution is 5.78. The molecule has 0 aliphatic heterocycles. The number of imidazole rings is 2. The van der Waals surface area contributed by atoms with Gasteiger partial charge in [-0.05, 0) is 49.6 Å². The maximum absolute atomic E-state index is 13.3. The molecular formula is C21H20FN5O. The van der Waals surface area contributed by atoms with Gasteiger partial charge in [-0.1, -0.05) is 12.1 Å². The molecule has 0 spiro atoms. The highest BCUT2D eigenvalue weighted by Gasteiger charge is 2.41. The molecule has 28 heavy (non-hydrogen) atoms. The fraction of sp³-hybridized carbons (Fsp3) is 0.286. The van der Waals surface area contributed by atoms with E-state index in [0.29, 0.717) is 35.1 Å². The Morgan fingerprint density at radius 3 is 2.86 bits per heavy atom. The third-order valence-corrected chi connectivity index (χ3v) is 5.38. The molecule has 2 heterocycles. The van der Waals surface area contributed by atoms with Crippen molar-refractivity contribution in [2.45, 2.75) is 31.7 Å². The summed E-state index contributed by atoms with van der Waals surface area (Å²) in [5.41, 5.74) is 3.30. The molecule has 7 heteroatoms. The highest BCUT2D eigenvalue weighted by atomic mass is 19.1. The van der Waals surface area contributed by atoms with Gasteiger partial charge < -0.3 is 15.3 Å². The number of H-pyrrole nitrogens is 2. The van der Waals surface area contributed by atoms with Crippen LogP contribution < -0.4 is 5.32 Å². The number of amides is 1. The molecule has 2 aromatic carbocycles. The van der Waals surface area contributed by atoms with Crippen molar-refractivity contribution in [2.75, 3.05) is 0 Å². The van der Waals surface area contributed by atoms with E-state index in [2.05, 4.69) is 25.3 Å². The number of halogens is 1. The summed E-state index contributed by atoms with van der Waals surface area (Å²) in [6, 6.07) is 12.1.